The van der Waals surface area contributed by atoms with Crippen LogP contribution >= 0.6 is 15.9 Å². The van der Waals surface area contributed by atoms with Gasteiger partial charge in [-0.05, 0) is 44.0 Å². The number of aromatic nitrogens is 1. The predicted octanol–water partition coefficient (Wildman–Crippen LogP) is 3.31. The van der Waals surface area contributed by atoms with Crippen LogP contribution in [0.4, 0.5) is 0 Å². The Morgan fingerprint density at radius 1 is 1.30 bits per heavy atom. The number of hydrogen-bond acceptors (Lipinski definition) is 3. The first kappa shape index (κ1) is 14.4. The minimum atomic E-state index is -0.445. The molecule has 0 amide bonds. The van der Waals surface area contributed by atoms with Crippen molar-refractivity contribution in [2.75, 3.05) is 0 Å². The Morgan fingerprint density at radius 3 is 2.55 bits per heavy atom. The van der Waals surface area contributed by atoms with Crippen molar-refractivity contribution in [1.29, 1.82) is 5.26 Å². The lowest BCUT2D eigenvalue weighted by Gasteiger charge is -2.14. The largest absolute Gasteiger partial charge is 0.507 e. The van der Waals surface area contributed by atoms with Crippen molar-refractivity contribution in [3.05, 3.63) is 49.3 Å². The molecular formula is C15H13BrN2O2. The van der Waals surface area contributed by atoms with E-state index in [9.17, 15) is 15.2 Å². The number of nitrogens with zero attached hydrogens (tertiary/aromatic N) is 1. The van der Waals surface area contributed by atoms with Crippen LogP contribution in [0.3, 0.4) is 0 Å². The molecule has 0 atom stereocenters. The number of nitrogens with one attached hydrogen (secondary N) is 1. The van der Waals surface area contributed by atoms with Gasteiger partial charge in [-0.1, -0.05) is 15.9 Å². The molecule has 0 aliphatic rings. The van der Waals surface area contributed by atoms with Gasteiger partial charge in [0.15, 0.2) is 0 Å². The van der Waals surface area contributed by atoms with Gasteiger partial charge in [-0.2, -0.15) is 5.26 Å². The first-order valence-corrected chi connectivity index (χ1v) is 6.79. The van der Waals surface area contributed by atoms with Crippen LogP contribution in [0.1, 0.15) is 22.4 Å². The predicted molar refractivity (Wildman–Crippen MR) is 80.8 cm³/mol. The quantitative estimate of drug-likeness (QED) is 0.840. The molecule has 1 aromatic carbocycles. The van der Waals surface area contributed by atoms with Gasteiger partial charge in [0.25, 0.3) is 5.56 Å². The Kier molecular flexibility index (Phi) is 3.69. The average molecular weight is 333 g/mol. The molecule has 1 heterocycles. The van der Waals surface area contributed by atoms with Gasteiger partial charge >= 0.3 is 0 Å². The van der Waals surface area contributed by atoms with Gasteiger partial charge in [0.1, 0.15) is 17.4 Å². The number of rotatable bonds is 1. The van der Waals surface area contributed by atoms with Gasteiger partial charge < -0.3 is 10.1 Å². The molecule has 0 unspecified atom stereocenters. The minimum Gasteiger partial charge on any atom is -0.507 e. The van der Waals surface area contributed by atoms with Crippen molar-refractivity contribution in [1.82, 2.24) is 4.98 Å². The van der Waals surface area contributed by atoms with Crippen molar-refractivity contribution >= 4 is 15.9 Å². The maximum Gasteiger partial charge on any atom is 0.266 e. The van der Waals surface area contributed by atoms with E-state index in [1.54, 1.807) is 26.0 Å². The number of pyridine rings is 1. The Balaban J connectivity index is 2.97. The van der Waals surface area contributed by atoms with Crippen molar-refractivity contribution in [2.45, 2.75) is 20.8 Å². The molecule has 4 nitrogen and oxygen atoms in total. The lowest BCUT2D eigenvalue weighted by Crippen LogP contribution is -2.13. The summed E-state index contributed by atoms with van der Waals surface area (Å²) in [5, 5.41) is 19.5. The Hall–Kier alpha value is -2.06. The standard InChI is InChI=1S/C15H13BrN2O2/c1-7-4-12(16)9(3)13(14(7)19)10-5-8(2)18-15(20)11(10)6-17/h4-5,19H,1-3H3,(H,18,20). The third kappa shape index (κ3) is 2.23. The van der Waals surface area contributed by atoms with Gasteiger partial charge in [0.05, 0.1) is 0 Å². The summed E-state index contributed by atoms with van der Waals surface area (Å²) in [6.45, 7) is 5.34. The SMILES string of the molecule is Cc1cc(-c2c(C)c(Br)cc(C)c2O)c(C#N)c(=O)[nH]1. The highest BCUT2D eigenvalue weighted by molar-refractivity contribution is 9.10. The fourth-order valence-corrected chi connectivity index (χ4v) is 2.73. The molecular weight excluding hydrogens is 320 g/mol. The van der Waals surface area contributed by atoms with Crippen LogP contribution in [-0.2, 0) is 0 Å². The van der Waals surface area contributed by atoms with Gasteiger partial charge in [0, 0.05) is 21.3 Å². The summed E-state index contributed by atoms with van der Waals surface area (Å²) >= 11 is 3.43. The van der Waals surface area contributed by atoms with Crippen LogP contribution < -0.4 is 5.56 Å². The molecule has 2 aromatic rings. The van der Waals surface area contributed by atoms with Gasteiger partial charge in [-0.3, -0.25) is 4.79 Å². The summed E-state index contributed by atoms with van der Waals surface area (Å²) in [6.07, 6.45) is 0. The van der Waals surface area contributed by atoms with E-state index in [-0.39, 0.29) is 11.3 Å². The normalized spacial score (nSPS) is 10.3. The zero-order valence-electron chi connectivity index (χ0n) is 11.3. The second kappa shape index (κ2) is 5.14. The van der Waals surface area contributed by atoms with Crippen LogP contribution in [0.15, 0.2) is 21.4 Å². The summed E-state index contributed by atoms with van der Waals surface area (Å²) in [6, 6.07) is 5.42. The molecule has 2 N–H and O–H groups in total. The number of H-pyrrole nitrogens is 1. The summed E-state index contributed by atoms with van der Waals surface area (Å²) in [5.74, 6) is 0.0900. The fourth-order valence-electron chi connectivity index (χ4n) is 2.19. The van der Waals surface area contributed by atoms with Crippen molar-refractivity contribution in [3.8, 4) is 22.9 Å². The number of hydrogen-bond donors (Lipinski definition) is 2. The van der Waals surface area contributed by atoms with E-state index in [2.05, 4.69) is 20.9 Å². The Morgan fingerprint density at radius 2 is 1.95 bits per heavy atom. The second-order valence-corrected chi connectivity index (χ2v) is 5.56. The van der Waals surface area contributed by atoms with Crippen LogP contribution in [0.5, 0.6) is 5.75 Å². The van der Waals surface area contributed by atoms with Gasteiger partial charge in [-0.25, -0.2) is 0 Å². The lowest BCUT2D eigenvalue weighted by molar-refractivity contribution is 0.472. The van der Waals surface area contributed by atoms with Crippen LogP contribution in [-0.4, -0.2) is 10.1 Å². The van der Waals surface area contributed by atoms with E-state index >= 15 is 0 Å². The highest BCUT2D eigenvalue weighted by Crippen LogP contribution is 2.39. The van der Waals surface area contributed by atoms with E-state index in [0.717, 1.165) is 10.0 Å². The molecule has 0 saturated carbocycles. The number of aromatic amines is 1. The number of nitriles is 1. The maximum absolute atomic E-state index is 11.9. The van der Waals surface area contributed by atoms with E-state index < -0.39 is 5.56 Å². The summed E-state index contributed by atoms with van der Waals surface area (Å²) in [4.78, 5) is 14.5. The molecule has 20 heavy (non-hydrogen) atoms. The second-order valence-electron chi connectivity index (χ2n) is 4.71. The first-order valence-electron chi connectivity index (χ1n) is 6.00. The van der Waals surface area contributed by atoms with E-state index in [4.69, 9.17) is 0 Å². The Labute approximate surface area is 124 Å². The first-order chi connectivity index (χ1) is 9.36. The number of benzene rings is 1. The number of aromatic hydroxyl groups is 1. The third-order valence-electron chi connectivity index (χ3n) is 3.24. The number of aryl methyl sites for hydroxylation is 2. The van der Waals surface area contributed by atoms with Crippen molar-refractivity contribution in [3.63, 3.8) is 0 Å². The summed E-state index contributed by atoms with van der Waals surface area (Å²) < 4.78 is 0.824. The molecule has 0 aliphatic heterocycles. The van der Waals surface area contributed by atoms with E-state index in [0.29, 0.717) is 22.4 Å². The molecule has 2 rings (SSSR count). The average Bonchev–Trinajstić information content (AvgIpc) is 2.36. The highest BCUT2D eigenvalue weighted by Gasteiger charge is 2.18. The number of phenolic OH excluding ortho intramolecular Hbond substituents is 1. The fraction of sp³-hybridized carbons (Fsp3) is 0.200. The molecule has 0 spiro atoms. The highest BCUT2D eigenvalue weighted by atomic mass is 79.9. The molecule has 0 bridgehead atoms. The monoisotopic (exact) mass is 332 g/mol. The molecule has 102 valence electrons. The summed E-state index contributed by atoms with van der Waals surface area (Å²) in [7, 11) is 0. The molecule has 0 aliphatic carbocycles. The molecule has 0 saturated heterocycles. The van der Waals surface area contributed by atoms with Crippen molar-refractivity contribution < 1.29 is 5.11 Å². The topological polar surface area (TPSA) is 76.9 Å². The number of halogens is 1. The summed E-state index contributed by atoms with van der Waals surface area (Å²) in [5.41, 5.74) is 2.63. The van der Waals surface area contributed by atoms with Gasteiger partial charge in [-0.15, -0.1) is 0 Å². The lowest BCUT2D eigenvalue weighted by atomic mass is 9.94. The van der Waals surface area contributed by atoms with E-state index in [1.807, 2.05) is 13.0 Å². The Bertz CT molecular complexity index is 775. The zero-order valence-corrected chi connectivity index (χ0v) is 12.9. The van der Waals surface area contributed by atoms with Crippen LogP contribution in [0, 0.1) is 32.1 Å². The van der Waals surface area contributed by atoms with Crippen LogP contribution in [0.25, 0.3) is 11.1 Å². The number of phenols is 1. The molecule has 0 radical (unpaired) electrons. The third-order valence-corrected chi connectivity index (χ3v) is 4.06. The zero-order chi connectivity index (χ0) is 15.0. The minimum absolute atomic E-state index is 0.00602. The van der Waals surface area contributed by atoms with Crippen LogP contribution in [0.2, 0.25) is 0 Å². The molecule has 0 fully saturated rings. The maximum atomic E-state index is 11.9. The molecule has 5 heteroatoms. The van der Waals surface area contributed by atoms with E-state index in [1.165, 1.54) is 0 Å². The molecule has 1 aromatic heterocycles. The van der Waals surface area contributed by atoms with Gasteiger partial charge in [0.2, 0.25) is 0 Å². The van der Waals surface area contributed by atoms with Crippen molar-refractivity contribution in [2.24, 2.45) is 0 Å². The smallest absolute Gasteiger partial charge is 0.266 e.